The minimum atomic E-state index is -0.383. The summed E-state index contributed by atoms with van der Waals surface area (Å²) in [7, 11) is 0. The van der Waals surface area contributed by atoms with E-state index in [-0.39, 0.29) is 29.6 Å². The number of hydrogen-bond donors (Lipinski definition) is 2. The first kappa shape index (κ1) is 17.1. The van der Waals surface area contributed by atoms with Crippen LogP contribution in [0.25, 0.3) is 11.0 Å². The summed E-state index contributed by atoms with van der Waals surface area (Å²) >= 11 is 0. The van der Waals surface area contributed by atoms with Gasteiger partial charge in [0, 0.05) is 30.2 Å². The molecule has 0 aliphatic carbocycles. The summed E-state index contributed by atoms with van der Waals surface area (Å²) in [5, 5.41) is 6.24. The molecule has 2 N–H and O–H groups in total. The number of urea groups is 1. The van der Waals surface area contributed by atoms with Crippen LogP contribution in [0.15, 0.2) is 59.0 Å². The second-order valence-electron chi connectivity index (χ2n) is 6.49. The van der Waals surface area contributed by atoms with Crippen LogP contribution >= 0.6 is 0 Å². The molecule has 1 unspecified atom stereocenters. The van der Waals surface area contributed by atoms with Crippen LogP contribution < -0.4 is 10.6 Å². The summed E-state index contributed by atoms with van der Waals surface area (Å²) in [6, 6.07) is 14.5. The molecule has 27 heavy (non-hydrogen) atoms. The molecule has 1 aliphatic heterocycles. The number of anilines is 1. The predicted octanol–water partition coefficient (Wildman–Crippen LogP) is 3.61. The van der Waals surface area contributed by atoms with Crippen molar-refractivity contribution in [3.8, 4) is 0 Å². The van der Waals surface area contributed by atoms with Gasteiger partial charge in [-0.15, -0.1) is 0 Å². The molecule has 3 aromatic rings. The standard InChI is InChI=1S/C20H18FN3O3/c21-14-6-7-17-13(10-14)11-18(27-17)19(25)22-16-8-9-24(12-16)20(26)23-15-4-2-1-3-5-15/h1-7,10-11,16H,8-9,12H2,(H,22,25)(H,23,26). The average Bonchev–Trinajstić information content (AvgIpc) is 3.29. The van der Waals surface area contributed by atoms with Crippen LogP contribution in [0.5, 0.6) is 0 Å². The molecule has 0 bridgehead atoms. The van der Waals surface area contributed by atoms with E-state index in [1.54, 1.807) is 4.90 Å². The van der Waals surface area contributed by atoms with E-state index in [1.165, 1.54) is 24.3 Å². The highest BCUT2D eigenvalue weighted by Crippen LogP contribution is 2.21. The summed E-state index contributed by atoms with van der Waals surface area (Å²) in [5.41, 5.74) is 1.18. The Labute approximate surface area is 154 Å². The molecule has 2 aromatic carbocycles. The Hall–Kier alpha value is -3.35. The quantitative estimate of drug-likeness (QED) is 0.743. The van der Waals surface area contributed by atoms with Crippen molar-refractivity contribution >= 4 is 28.6 Å². The lowest BCUT2D eigenvalue weighted by Gasteiger charge is -2.17. The number of benzene rings is 2. The number of hydrogen-bond acceptors (Lipinski definition) is 3. The number of likely N-dealkylation sites (tertiary alicyclic amines) is 1. The molecule has 0 spiro atoms. The van der Waals surface area contributed by atoms with Crippen LogP contribution in [0, 0.1) is 5.82 Å². The highest BCUT2D eigenvalue weighted by Gasteiger charge is 2.28. The molecule has 1 fully saturated rings. The summed E-state index contributed by atoms with van der Waals surface area (Å²) in [4.78, 5) is 26.4. The Morgan fingerprint density at radius 2 is 1.93 bits per heavy atom. The van der Waals surface area contributed by atoms with Crippen molar-refractivity contribution in [2.45, 2.75) is 12.5 Å². The third-order valence-electron chi connectivity index (χ3n) is 4.54. The van der Waals surface area contributed by atoms with Crippen molar-refractivity contribution in [2.24, 2.45) is 0 Å². The van der Waals surface area contributed by atoms with Gasteiger partial charge in [-0.2, -0.15) is 0 Å². The van der Waals surface area contributed by atoms with E-state index >= 15 is 0 Å². The van der Waals surface area contributed by atoms with Crippen LogP contribution in [-0.2, 0) is 0 Å². The van der Waals surface area contributed by atoms with Gasteiger partial charge in [-0.25, -0.2) is 9.18 Å². The van der Waals surface area contributed by atoms with Crippen molar-refractivity contribution in [3.05, 3.63) is 66.2 Å². The van der Waals surface area contributed by atoms with Gasteiger partial charge in [0.1, 0.15) is 11.4 Å². The molecular formula is C20H18FN3O3. The minimum absolute atomic E-state index is 0.128. The predicted molar refractivity (Wildman–Crippen MR) is 99.1 cm³/mol. The normalized spacial score (nSPS) is 16.5. The van der Waals surface area contributed by atoms with Crippen LogP contribution in [0.2, 0.25) is 0 Å². The third-order valence-corrected chi connectivity index (χ3v) is 4.54. The van der Waals surface area contributed by atoms with Gasteiger partial charge in [0.15, 0.2) is 5.76 Å². The molecule has 1 saturated heterocycles. The zero-order chi connectivity index (χ0) is 18.8. The van der Waals surface area contributed by atoms with Crippen molar-refractivity contribution < 1.29 is 18.4 Å². The smallest absolute Gasteiger partial charge is 0.321 e. The van der Waals surface area contributed by atoms with Gasteiger partial charge in [-0.1, -0.05) is 18.2 Å². The molecule has 1 atom stereocenters. The monoisotopic (exact) mass is 367 g/mol. The van der Waals surface area contributed by atoms with E-state index in [0.717, 1.165) is 5.69 Å². The molecule has 4 rings (SSSR count). The zero-order valence-corrected chi connectivity index (χ0v) is 14.4. The molecule has 0 radical (unpaired) electrons. The lowest BCUT2D eigenvalue weighted by Crippen LogP contribution is -2.39. The van der Waals surface area contributed by atoms with Gasteiger partial charge in [-0.05, 0) is 42.8 Å². The van der Waals surface area contributed by atoms with Crippen molar-refractivity contribution in [3.63, 3.8) is 0 Å². The molecule has 138 valence electrons. The first-order valence-electron chi connectivity index (χ1n) is 8.69. The highest BCUT2D eigenvalue weighted by molar-refractivity contribution is 5.96. The van der Waals surface area contributed by atoms with Gasteiger partial charge in [0.2, 0.25) is 0 Å². The summed E-state index contributed by atoms with van der Waals surface area (Å²) in [6.07, 6.45) is 0.656. The Bertz CT molecular complexity index is 987. The van der Waals surface area contributed by atoms with E-state index in [1.807, 2.05) is 30.3 Å². The second-order valence-corrected chi connectivity index (χ2v) is 6.49. The molecule has 7 heteroatoms. The third kappa shape index (κ3) is 3.76. The Kier molecular flexibility index (Phi) is 4.50. The van der Waals surface area contributed by atoms with E-state index in [9.17, 15) is 14.0 Å². The van der Waals surface area contributed by atoms with Gasteiger partial charge in [0.25, 0.3) is 5.91 Å². The van der Waals surface area contributed by atoms with Crippen molar-refractivity contribution in [1.29, 1.82) is 0 Å². The van der Waals surface area contributed by atoms with E-state index in [4.69, 9.17) is 4.42 Å². The second kappa shape index (κ2) is 7.11. The Morgan fingerprint density at radius 3 is 2.74 bits per heavy atom. The SMILES string of the molecule is O=C(NC1CCN(C(=O)Nc2ccccc2)C1)c1cc2cc(F)ccc2o1. The number of fused-ring (bicyclic) bond motifs is 1. The summed E-state index contributed by atoms with van der Waals surface area (Å²) in [5.74, 6) is -0.629. The molecule has 2 heterocycles. The van der Waals surface area contributed by atoms with Gasteiger partial charge in [0.05, 0.1) is 0 Å². The highest BCUT2D eigenvalue weighted by atomic mass is 19.1. The maximum Gasteiger partial charge on any atom is 0.321 e. The fourth-order valence-corrected chi connectivity index (χ4v) is 3.17. The Balaban J connectivity index is 1.36. The van der Waals surface area contributed by atoms with Crippen LogP contribution in [-0.4, -0.2) is 36.0 Å². The van der Waals surface area contributed by atoms with Crippen molar-refractivity contribution in [2.75, 3.05) is 18.4 Å². The Morgan fingerprint density at radius 1 is 1.11 bits per heavy atom. The lowest BCUT2D eigenvalue weighted by atomic mass is 10.2. The van der Waals surface area contributed by atoms with E-state index in [2.05, 4.69) is 10.6 Å². The minimum Gasteiger partial charge on any atom is -0.451 e. The fourth-order valence-electron chi connectivity index (χ4n) is 3.17. The number of rotatable bonds is 3. The summed E-state index contributed by atoms with van der Waals surface area (Å²) in [6.45, 7) is 0.966. The first-order chi connectivity index (χ1) is 13.1. The number of nitrogens with one attached hydrogen (secondary N) is 2. The largest absolute Gasteiger partial charge is 0.451 e. The van der Waals surface area contributed by atoms with Gasteiger partial charge in [-0.3, -0.25) is 4.79 Å². The molecular weight excluding hydrogens is 349 g/mol. The number of para-hydroxylation sites is 1. The summed E-state index contributed by atoms with van der Waals surface area (Å²) < 4.78 is 18.7. The maximum absolute atomic E-state index is 13.3. The van der Waals surface area contributed by atoms with Crippen LogP contribution in [0.4, 0.5) is 14.9 Å². The maximum atomic E-state index is 13.3. The number of carbonyl (C=O) groups excluding carboxylic acids is 2. The zero-order valence-electron chi connectivity index (χ0n) is 14.4. The molecule has 1 aromatic heterocycles. The van der Waals surface area contributed by atoms with E-state index in [0.29, 0.717) is 30.5 Å². The first-order valence-corrected chi connectivity index (χ1v) is 8.69. The molecule has 3 amide bonds. The van der Waals surface area contributed by atoms with Crippen LogP contribution in [0.3, 0.4) is 0 Å². The average molecular weight is 367 g/mol. The number of nitrogens with zero attached hydrogens (tertiary/aromatic N) is 1. The number of carbonyl (C=O) groups is 2. The van der Waals surface area contributed by atoms with E-state index < -0.39 is 0 Å². The van der Waals surface area contributed by atoms with Gasteiger partial charge >= 0.3 is 6.03 Å². The fraction of sp³-hybridized carbons (Fsp3) is 0.200. The van der Waals surface area contributed by atoms with Crippen molar-refractivity contribution in [1.82, 2.24) is 10.2 Å². The molecule has 6 nitrogen and oxygen atoms in total. The lowest BCUT2D eigenvalue weighted by molar-refractivity contribution is 0.0912. The number of amides is 3. The topological polar surface area (TPSA) is 74.6 Å². The molecule has 1 aliphatic rings. The molecule has 0 saturated carbocycles. The number of furan rings is 1. The van der Waals surface area contributed by atoms with Crippen LogP contribution in [0.1, 0.15) is 17.0 Å². The number of halogens is 1. The van der Waals surface area contributed by atoms with Gasteiger partial charge < -0.3 is 20.0 Å².